The van der Waals surface area contributed by atoms with Gasteiger partial charge in [-0.05, 0) is 84.6 Å². The van der Waals surface area contributed by atoms with Crippen molar-refractivity contribution in [3.05, 3.63) is 95.1 Å². The van der Waals surface area contributed by atoms with Crippen molar-refractivity contribution < 1.29 is 30.0 Å². The van der Waals surface area contributed by atoms with E-state index in [0.29, 0.717) is 28.2 Å². The summed E-state index contributed by atoms with van der Waals surface area (Å²) in [5.41, 5.74) is 3.83. The smallest absolute Gasteiger partial charge is 0.339 e. The van der Waals surface area contributed by atoms with Gasteiger partial charge in [-0.1, -0.05) is 24.3 Å². The summed E-state index contributed by atoms with van der Waals surface area (Å²) in [6.07, 6.45) is 0. The number of phenolic OH excluding ortho intramolecular Hbond substituents is 1. The number of rotatable bonds is 7. The Labute approximate surface area is 216 Å². The molecule has 38 heavy (non-hydrogen) atoms. The molecule has 0 saturated carbocycles. The van der Waals surface area contributed by atoms with Gasteiger partial charge in [0, 0.05) is 0 Å². The maximum Gasteiger partial charge on any atom is 0.339 e. The van der Waals surface area contributed by atoms with E-state index in [1.165, 1.54) is 12.1 Å². The first-order valence-electron chi connectivity index (χ1n) is 11.3. The molecule has 0 unspecified atom stereocenters. The van der Waals surface area contributed by atoms with Crippen molar-refractivity contribution in [1.82, 2.24) is 0 Å². The summed E-state index contributed by atoms with van der Waals surface area (Å²) in [4.78, 5) is 22.7. The summed E-state index contributed by atoms with van der Waals surface area (Å²) in [6, 6.07) is 19.8. The van der Waals surface area contributed by atoms with Gasteiger partial charge in [0.2, 0.25) is 0 Å². The highest BCUT2D eigenvalue weighted by Crippen LogP contribution is 2.32. The van der Waals surface area contributed by atoms with Gasteiger partial charge < -0.3 is 20.4 Å². The van der Waals surface area contributed by atoms with Crippen molar-refractivity contribution >= 4 is 34.7 Å². The van der Waals surface area contributed by atoms with Crippen LogP contribution < -0.4 is 0 Å². The number of aromatic hydroxyl groups is 2. The van der Waals surface area contributed by atoms with Crippen LogP contribution >= 0.6 is 0 Å². The fourth-order valence-electron chi connectivity index (χ4n) is 3.58. The molecule has 10 nitrogen and oxygen atoms in total. The van der Waals surface area contributed by atoms with Crippen molar-refractivity contribution in [3.63, 3.8) is 0 Å². The summed E-state index contributed by atoms with van der Waals surface area (Å²) in [6.45, 7) is 3.23. The lowest BCUT2D eigenvalue weighted by Crippen LogP contribution is -1.97. The van der Waals surface area contributed by atoms with E-state index in [4.69, 9.17) is 0 Å². The van der Waals surface area contributed by atoms with Crippen LogP contribution in [0.4, 0.5) is 22.7 Å². The highest BCUT2D eigenvalue weighted by Gasteiger charge is 2.14. The minimum absolute atomic E-state index is 0.124. The first-order chi connectivity index (χ1) is 18.1. The minimum Gasteiger partial charge on any atom is -0.508 e. The maximum absolute atomic E-state index is 11.4. The van der Waals surface area contributed by atoms with E-state index >= 15 is 0 Å². The highest BCUT2D eigenvalue weighted by atomic mass is 16.4. The molecule has 0 aliphatic carbocycles. The Kier molecular flexibility index (Phi) is 7.24. The zero-order valence-electron chi connectivity index (χ0n) is 20.3. The van der Waals surface area contributed by atoms with Gasteiger partial charge in [0.05, 0.1) is 22.6 Å². The van der Waals surface area contributed by atoms with Gasteiger partial charge in [0.15, 0.2) is 0 Å². The number of carboxylic acid groups (broad SMARTS) is 2. The SMILES string of the molecule is Cc1cc(N=Nc2ccc(-c3ccc(N=Nc4cc(C)c(O)c(C(=O)O)c4)cc3)cc2)c(C(=O)O)cc1O. The molecule has 0 saturated heterocycles. The number of hydrogen-bond donors (Lipinski definition) is 4. The van der Waals surface area contributed by atoms with Crippen LogP contribution in [0.1, 0.15) is 31.8 Å². The number of phenols is 2. The van der Waals surface area contributed by atoms with Crippen molar-refractivity contribution in [3.8, 4) is 22.6 Å². The Bertz CT molecular complexity index is 1590. The Morgan fingerprint density at radius 1 is 0.579 bits per heavy atom. The fraction of sp³-hybridized carbons (Fsp3) is 0.0714. The molecule has 10 heteroatoms. The molecule has 4 aromatic carbocycles. The fourth-order valence-corrected chi connectivity index (χ4v) is 3.58. The third-order valence-corrected chi connectivity index (χ3v) is 5.68. The Morgan fingerprint density at radius 3 is 1.61 bits per heavy atom. The zero-order valence-corrected chi connectivity index (χ0v) is 20.3. The van der Waals surface area contributed by atoms with Crippen LogP contribution in [0.2, 0.25) is 0 Å². The molecule has 4 aromatic rings. The molecule has 0 spiro atoms. The molecule has 0 radical (unpaired) electrons. The second-order valence-corrected chi connectivity index (χ2v) is 8.42. The molecule has 0 aromatic heterocycles. The first kappa shape index (κ1) is 25.7. The van der Waals surface area contributed by atoms with E-state index in [1.807, 2.05) is 24.3 Å². The molecular weight excluding hydrogens is 488 g/mol. The lowest BCUT2D eigenvalue weighted by atomic mass is 10.1. The van der Waals surface area contributed by atoms with Gasteiger partial charge in [0.25, 0.3) is 0 Å². The number of hydrogen-bond acceptors (Lipinski definition) is 8. The first-order valence-corrected chi connectivity index (χ1v) is 11.3. The van der Waals surface area contributed by atoms with Gasteiger partial charge >= 0.3 is 11.9 Å². The Hall–Kier alpha value is -5.38. The van der Waals surface area contributed by atoms with Crippen LogP contribution in [0.25, 0.3) is 11.1 Å². The van der Waals surface area contributed by atoms with Crippen molar-refractivity contribution in [2.75, 3.05) is 0 Å². The number of carboxylic acids is 2. The molecule has 4 rings (SSSR count). The molecule has 4 N–H and O–H groups in total. The predicted molar refractivity (Wildman–Crippen MR) is 140 cm³/mol. The van der Waals surface area contributed by atoms with E-state index in [0.717, 1.165) is 17.2 Å². The largest absolute Gasteiger partial charge is 0.508 e. The zero-order chi connectivity index (χ0) is 27.4. The average Bonchev–Trinajstić information content (AvgIpc) is 2.90. The van der Waals surface area contributed by atoms with Gasteiger partial charge in [-0.3, -0.25) is 0 Å². The number of nitrogens with zero attached hydrogens (tertiary/aromatic N) is 4. The molecule has 0 atom stereocenters. The molecule has 0 aliphatic heterocycles. The molecule has 0 amide bonds. The maximum atomic E-state index is 11.4. The summed E-state index contributed by atoms with van der Waals surface area (Å²) in [5, 5.41) is 54.6. The number of aryl methyl sites for hydroxylation is 2. The lowest BCUT2D eigenvalue weighted by Gasteiger charge is -2.05. The van der Waals surface area contributed by atoms with Crippen LogP contribution in [0.3, 0.4) is 0 Å². The third-order valence-electron chi connectivity index (χ3n) is 5.68. The number of carbonyl (C=O) groups is 2. The predicted octanol–water partition coefficient (Wildman–Crippen LogP) is 7.61. The number of azo groups is 2. The van der Waals surface area contributed by atoms with E-state index in [9.17, 15) is 30.0 Å². The molecule has 0 aliphatic rings. The van der Waals surface area contributed by atoms with E-state index in [2.05, 4.69) is 20.5 Å². The van der Waals surface area contributed by atoms with Crippen molar-refractivity contribution in [2.45, 2.75) is 13.8 Å². The van der Waals surface area contributed by atoms with Crippen molar-refractivity contribution in [2.24, 2.45) is 20.5 Å². The summed E-state index contributed by atoms with van der Waals surface area (Å²) in [7, 11) is 0. The summed E-state index contributed by atoms with van der Waals surface area (Å²) < 4.78 is 0. The quantitative estimate of drug-likeness (QED) is 0.187. The lowest BCUT2D eigenvalue weighted by molar-refractivity contribution is 0.0684. The highest BCUT2D eigenvalue weighted by molar-refractivity contribution is 5.94. The average molecular weight is 511 g/mol. The second kappa shape index (κ2) is 10.7. The van der Waals surface area contributed by atoms with Crippen LogP contribution in [0, 0.1) is 13.8 Å². The van der Waals surface area contributed by atoms with Gasteiger partial charge in [-0.15, -0.1) is 5.11 Å². The normalized spacial score (nSPS) is 11.3. The molecule has 0 bridgehead atoms. The molecule has 190 valence electrons. The van der Waals surface area contributed by atoms with Crippen LogP contribution in [-0.2, 0) is 0 Å². The number of aromatic carboxylic acids is 2. The van der Waals surface area contributed by atoms with Crippen LogP contribution in [-0.4, -0.2) is 32.4 Å². The summed E-state index contributed by atoms with van der Waals surface area (Å²) >= 11 is 0. The number of benzene rings is 4. The topological polar surface area (TPSA) is 164 Å². The monoisotopic (exact) mass is 510 g/mol. The molecule has 0 fully saturated rings. The molecule has 0 heterocycles. The van der Waals surface area contributed by atoms with Gasteiger partial charge in [0.1, 0.15) is 22.7 Å². The third kappa shape index (κ3) is 5.71. The van der Waals surface area contributed by atoms with E-state index in [1.54, 1.807) is 44.2 Å². The second-order valence-electron chi connectivity index (χ2n) is 8.42. The van der Waals surface area contributed by atoms with Crippen LogP contribution in [0.15, 0.2) is 93.3 Å². The molecular formula is C28H22N4O6. The van der Waals surface area contributed by atoms with Crippen molar-refractivity contribution in [1.29, 1.82) is 0 Å². The van der Waals surface area contributed by atoms with Gasteiger partial charge in [-0.25, -0.2) is 9.59 Å². The van der Waals surface area contributed by atoms with E-state index < -0.39 is 11.9 Å². The standard InChI is InChI=1S/C28H22N4O6/c1-15-12-24(22(27(35)36)14-25(15)33)32-30-20-9-5-18(6-10-20)17-3-7-19(8-4-17)29-31-21-11-16(2)26(34)23(13-21)28(37)38/h3-14,33-34H,1-2H3,(H,35,36)(H,37,38). The van der Waals surface area contributed by atoms with E-state index in [-0.39, 0.29) is 28.3 Å². The Morgan fingerprint density at radius 2 is 1.08 bits per heavy atom. The summed E-state index contributed by atoms with van der Waals surface area (Å²) in [5.74, 6) is -2.88. The minimum atomic E-state index is -1.25. The van der Waals surface area contributed by atoms with Crippen LogP contribution in [0.5, 0.6) is 11.5 Å². The van der Waals surface area contributed by atoms with Gasteiger partial charge in [-0.2, -0.15) is 15.3 Å². The Balaban J connectivity index is 1.48.